The predicted molar refractivity (Wildman–Crippen MR) is 94.5 cm³/mol. The number of guanidine groups is 1. The van der Waals surface area contributed by atoms with Crippen molar-refractivity contribution < 1.29 is 9.53 Å². The Kier molecular flexibility index (Phi) is 9.52. The van der Waals surface area contributed by atoms with E-state index >= 15 is 0 Å². The van der Waals surface area contributed by atoms with E-state index < -0.39 is 0 Å². The number of unbranched alkanes of at least 4 members (excludes halogenated alkanes) is 3. The van der Waals surface area contributed by atoms with Crippen LogP contribution in [0.3, 0.4) is 0 Å². The highest BCUT2D eigenvalue weighted by molar-refractivity contribution is 5.79. The van der Waals surface area contributed by atoms with Crippen LogP contribution in [0, 0.1) is 6.92 Å². The van der Waals surface area contributed by atoms with Crippen LogP contribution >= 0.6 is 0 Å². The monoisotopic (exact) mass is 319 g/mol. The number of nitrogens with zero attached hydrogens (tertiary/aromatic N) is 1. The average molecular weight is 319 g/mol. The molecule has 0 spiro atoms. The van der Waals surface area contributed by atoms with Gasteiger partial charge in [0.15, 0.2) is 5.96 Å². The standard InChI is InChI=1S/C18H29N3O2/c1-15-9-11-16(12-10-15)14-21-18(19-2)20-13-7-5-4-6-8-17(22)23-3/h9-12H,4-8,13-14H2,1-3H3,(H2,19,20,21). The lowest BCUT2D eigenvalue weighted by Crippen LogP contribution is -2.37. The zero-order chi connectivity index (χ0) is 16.9. The number of benzene rings is 1. The van der Waals surface area contributed by atoms with Gasteiger partial charge < -0.3 is 15.4 Å². The van der Waals surface area contributed by atoms with E-state index in [4.69, 9.17) is 0 Å². The zero-order valence-electron chi connectivity index (χ0n) is 14.5. The van der Waals surface area contributed by atoms with Crippen LogP contribution in [0.5, 0.6) is 0 Å². The fourth-order valence-corrected chi connectivity index (χ4v) is 2.17. The number of carbonyl (C=O) groups excluding carboxylic acids is 1. The van der Waals surface area contributed by atoms with Gasteiger partial charge in [-0.1, -0.05) is 42.7 Å². The van der Waals surface area contributed by atoms with Crippen LogP contribution in [-0.4, -0.2) is 32.6 Å². The molecule has 0 saturated carbocycles. The molecule has 0 saturated heterocycles. The molecular formula is C18H29N3O2. The molecule has 128 valence electrons. The van der Waals surface area contributed by atoms with Crippen molar-refractivity contribution in [2.45, 2.75) is 45.6 Å². The van der Waals surface area contributed by atoms with Crippen molar-refractivity contribution >= 4 is 11.9 Å². The third-order valence-electron chi connectivity index (χ3n) is 3.63. The van der Waals surface area contributed by atoms with Gasteiger partial charge in [-0.2, -0.15) is 0 Å². The van der Waals surface area contributed by atoms with Crippen LogP contribution in [0.4, 0.5) is 0 Å². The van der Waals surface area contributed by atoms with Gasteiger partial charge in [0, 0.05) is 26.6 Å². The van der Waals surface area contributed by atoms with E-state index in [1.807, 2.05) is 0 Å². The summed E-state index contributed by atoms with van der Waals surface area (Å²) in [4.78, 5) is 15.2. The zero-order valence-corrected chi connectivity index (χ0v) is 14.5. The van der Waals surface area contributed by atoms with Crippen molar-refractivity contribution in [2.75, 3.05) is 20.7 Å². The van der Waals surface area contributed by atoms with Gasteiger partial charge in [0.05, 0.1) is 7.11 Å². The van der Waals surface area contributed by atoms with E-state index in [1.54, 1.807) is 7.05 Å². The molecule has 1 aromatic carbocycles. The third-order valence-corrected chi connectivity index (χ3v) is 3.63. The first-order valence-electron chi connectivity index (χ1n) is 8.22. The summed E-state index contributed by atoms with van der Waals surface area (Å²) < 4.78 is 4.62. The molecule has 0 unspecified atom stereocenters. The summed E-state index contributed by atoms with van der Waals surface area (Å²) in [6, 6.07) is 8.47. The fraction of sp³-hybridized carbons (Fsp3) is 0.556. The molecule has 1 aromatic rings. The Labute approximate surface area is 139 Å². The van der Waals surface area contributed by atoms with E-state index in [9.17, 15) is 4.79 Å². The smallest absolute Gasteiger partial charge is 0.305 e. The second kappa shape index (κ2) is 11.5. The van der Waals surface area contributed by atoms with Crippen molar-refractivity contribution in [2.24, 2.45) is 4.99 Å². The summed E-state index contributed by atoms with van der Waals surface area (Å²) in [6.07, 6.45) is 4.62. The predicted octanol–water partition coefficient (Wildman–Crippen LogP) is 2.78. The highest BCUT2D eigenvalue weighted by Gasteiger charge is 2.00. The quantitative estimate of drug-likeness (QED) is 0.318. The first-order chi connectivity index (χ1) is 11.2. The Morgan fingerprint density at radius 2 is 1.78 bits per heavy atom. The summed E-state index contributed by atoms with van der Waals surface area (Å²) in [5.41, 5.74) is 2.50. The van der Waals surface area contributed by atoms with Crippen LogP contribution in [0.1, 0.15) is 43.2 Å². The highest BCUT2D eigenvalue weighted by atomic mass is 16.5. The molecule has 0 atom stereocenters. The van der Waals surface area contributed by atoms with Crippen LogP contribution in [-0.2, 0) is 16.1 Å². The first kappa shape index (κ1) is 19.0. The van der Waals surface area contributed by atoms with E-state index in [2.05, 4.69) is 51.6 Å². The maximum atomic E-state index is 11.0. The van der Waals surface area contributed by atoms with Crippen molar-refractivity contribution in [1.29, 1.82) is 0 Å². The van der Waals surface area contributed by atoms with Gasteiger partial charge in [-0.25, -0.2) is 0 Å². The van der Waals surface area contributed by atoms with E-state index in [-0.39, 0.29) is 5.97 Å². The molecule has 0 radical (unpaired) electrons. The largest absolute Gasteiger partial charge is 0.469 e. The average Bonchev–Trinajstić information content (AvgIpc) is 2.57. The first-order valence-corrected chi connectivity index (χ1v) is 8.22. The number of aliphatic imine (C=N–C) groups is 1. The van der Waals surface area contributed by atoms with Gasteiger partial charge in [-0.15, -0.1) is 0 Å². The van der Waals surface area contributed by atoms with Crippen molar-refractivity contribution in [3.05, 3.63) is 35.4 Å². The maximum Gasteiger partial charge on any atom is 0.305 e. The Hall–Kier alpha value is -2.04. The normalized spacial score (nSPS) is 11.2. The molecule has 0 aliphatic heterocycles. The molecule has 5 nitrogen and oxygen atoms in total. The molecule has 2 N–H and O–H groups in total. The maximum absolute atomic E-state index is 11.0. The topological polar surface area (TPSA) is 62.7 Å². The summed E-state index contributed by atoms with van der Waals surface area (Å²) in [7, 11) is 3.21. The second-order valence-electron chi connectivity index (χ2n) is 5.58. The van der Waals surface area contributed by atoms with Crippen LogP contribution in [0.2, 0.25) is 0 Å². The van der Waals surface area contributed by atoms with Crippen LogP contribution in [0.15, 0.2) is 29.3 Å². The molecule has 1 rings (SSSR count). The van der Waals surface area contributed by atoms with Crippen molar-refractivity contribution in [3.63, 3.8) is 0 Å². The number of rotatable bonds is 9. The van der Waals surface area contributed by atoms with Gasteiger partial charge in [0.25, 0.3) is 0 Å². The molecule has 0 aromatic heterocycles. The summed E-state index contributed by atoms with van der Waals surface area (Å²) in [6.45, 7) is 3.73. The molecule has 0 amide bonds. The number of nitrogens with one attached hydrogen (secondary N) is 2. The molecule has 0 aliphatic carbocycles. The minimum Gasteiger partial charge on any atom is -0.469 e. The van der Waals surface area contributed by atoms with Gasteiger partial charge in [0.2, 0.25) is 0 Å². The van der Waals surface area contributed by atoms with Gasteiger partial charge in [-0.3, -0.25) is 9.79 Å². The number of hydrogen-bond acceptors (Lipinski definition) is 3. The Morgan fingerprint density at radius 3 is 2.43 bits per heavy atom. The third kappa shape index (κ3) is 8.86. The van der Waals surface area contributed by atoms with E-state index in [0.29, 0.717) is 6.42 Å². The minimum atomic E-state index is -0.121. The summed E-state index contributed by atoms with van der Waals surface area (Å²) in [5, 5.41) is 6.62. The Bertz CT molecular complexity index is 484. The number of esters is 1. The van der Waals surface area contributed by atoms with Crippen molar-refractivity contribution in [3.8, 4) is 0 Å². The number of ether oxygens (including phenoxy) is 1. The SMILES string of the molecule is CN=C(NCCCCCCC(=O)OC)NCc1ccc(C)cc1. The second-order valence-corrected chi connectivity index (χ2v) is 5.58. The molecular weight excluding hydrogens is 290 g/mol. The number of carbonyl (C=O) groups is 1. The molecule has 0 bridgehead atoms. The van der Waals surface area contributed by atoms with Gasteiger partial charge >= 0.3 is 5.97 Å². The van der Waals surface area contributed by atoms with Crippen molar-refractivity contribution in [1.82, 2.24) is 10.6 Å². The minimum absolute atomic E-state index is 0.121. The molecule has 0 heterocycles. The Morgan fingerprint density at radius 1 is 1.09 bits per heavy atom. The molecule has 0 aliphatic rings. The lowest BCUT2D eigenvalue weighted by atomic mass is 10.1. The van der Waals surface area contributed by atoms with E-state index in [1.165, 1.54) is 18.2 Å². The lowest BCUT2D eigenvalue weighted by molar-refractivity contribution is -0.140. The molecule has 5 heteroatoms. The summed E-state index contributed by atoms with van der Waals surface area (Å²) >= 11 is 0. The molecule has 23 heavy (non-hydrogen) atoms. The summed E-state index contributed by atoms with van der Waals surface area (Å²) in [5.74, 6) is 0.698. The lowest BCUT2D eigenvalue weighted by Gasteiger charge is -2.12. The Balaban J connectivity index is 2.10. The molecule has 0 fully saturated rings. The number of hydrogen-bond donors (Lipinski definition) is 2. The van der Waals surface area contributed by atoms with E-state index in [0.717, 1.165) is 44.7 Å². The number of methoxy groups -OCH3 is 1. The fourth-order valence-electron chi connectivity index (χ4n) is 2.17. The van der Waals surface area contributed by atoms with Gasteiger partial charge in [0.1, 0.15) is 0 Å². The van der Waals surface area contributed by atoms with Gasteiger partial charge in [-0.05, 0) is 25.3 Å². The van der Waals surface area contributed by atoms with Crippen LogP contribution < -0.4 is 10.6 Å². The highest BCUT2D eigenvalue weighted by Crippen LogP contribution is 2.04. The van der Waals surface area contributed by atoms with Crippen LogP contribution in [0.25, 0.3) is 0 Å². The number of aryl methyl sites for hydroxylation is 1.